The fourth-order valence-electron chi connectivity index (χ4n) is 5.43. The number of unbranched alkanes of at least 4 members (excludes halogenated alkanes) is 1. The Morgan fingerprint density at radius 3 is 2.03 bits per heavy atom. The summed E-state index contributed by atoms with van der Waals surface area (Å²) in [6.07, 6.45) is 19.4. The summed E-state index contributed by atoms with van der Waals surface area (Å²) in [5.74, 6) is 4.37. The number of rotatable bonds is 10. The van der Waals surface area contributed by atoms with Crippen LogP contribution in [0.25, 0.3) is 0 Å². The fourth-order valence-corrected chi connectivity index (χ4v) is 5.43. The van der Waals surface area contributed by atoms with Gasteiger partial charge in [-0.15, -0.1) is 0 Å². The maximum atomic E-state index is 12.2. The van der Waals surface area contributed by atoms with Gasteiger partial charge in [-0.25, -0.2) is 4.39 Å². The van der Waals surface area contributed by atoms with Gasteiger partial charge in [0.25, 0.3) is 0 Å². The molecular formula is C27H41FO. The minimum absolute atomic E-state index is 0.720. The van der Waals surface area contributed by atoms with Crippen molar-refractivity contribution in [2.45, 2.75) is 96.3 Å². The minimum atomic E-state index is 0.720. The van der Waals surface area contributed by atoms with E-state index in [9.17, 15) is 4.39 Å². The third-order valence-electron chi connectivity index (χ3n) is 7.47. The van der Waals surface area contributed by atoms with Gasteiger partial charge in [0.05, 0.1) is 12.9 Å². The first-order valence-electron chi connectivity index (χ1n) is 12.3. The van der Waals surface area contributed by atoms with E-state index in [1.165, 1.54) is 76.2 Å². The molecule has 162 valence electrons. The number of hydrogen-bond donors (Lipinski definition) is 0. The lowest BCUT2D eigenvalue weighted by Crippen LogP contribution is -2.17. The highest BCUT2D eigenvalue weighted by Crippen LogP contribution is 2.40. The van der Waals surface area contributed by atoms with Crippen molar-refractivity contribution < 1.29 is 9.13 Å². The molecule has 2 aliphatic carbocycles. The molecule has 2 aliphatic rings. The molecule has 0 saturated heterocycles. The molecule has 29 heavy (non-hydrogen) atoms. The van der Waals surface area contributed by atoms with Crippen LogP contribution in [0.2, 0.25) is 0 Å². The smallest absolute Gasteiger partial charge is 0.119 e. The van der Waals surface area contributed by atoms with E-state index in [0.29, 0.717) is 0 Å². The predicted octanol–water partition coefficient (Wildman–Crippen LogP) is 8.60. The average Bonchev–Trinajstić information content (AvgIpc) is 2.78. The van der Waals surface area contributed by atoms with Crippen LogP contribution >= 0.6 is 0 Å². The largest absolute Gasteiger partial charge is 0.494 e. The van der Waals surface area contributed by atoms with Crippen LogP contribution in [0.1, 0.15) is 102 Å². The van der Waals surface area contributed by atoms with Crippen molar-refractivity contribution >= 4 is 0 Å². The lowest BCUT2D eigenvalue weighted by molar-refractivity contribution is 0.231. The summed E-state index contributed by atoms with van der Waals surface area (Å²) in [7, 11) is 0. The summed E-state index contributed by atoms with van der Waals surface area (Å²) in [6, 6.07) is 8.92. The van der Waals surface area contributed by atoms with Gasteiger partial charge in [0.2, 0.25) is 0 Å². The molecule has 0 aliphatic heterocycles. The van der Waals surface area contributed by atoms with Crippen molar-refractivity contribution in [2.24, 2.45) is 17.8 Å². The molecule has 1 aromatic carbocycles. The quantitative estimate of drug-likeness (QED) is 0.357. The molecule has 2 heteroatoms. The zero-order chi connectivity index (χ0) is 20.3. The van der Waals surface area contributed by atoms with E-state index in [2.05, 4.69) is 31.2 Å². The highest BCUT2D eigenvalue weighted by atomic mass is 19.1. The molecule has 2 fully saturated rings. The van der Waals surface area contributed by atoms with Gasteiger partial charge >= 0.3 is 0 Å². The van der Waals surface area contributed by atoms with Crippen molar-refractivity contribution in [1.29, 1.82) is 0 Å². The van der Waals surface area contributed by atoms with Crippen LogP contribution < -0.4 is 4.74 Å². The first kappa shape index (κ1) is 22.4. The molecule has 1 aromatic rings. The first-order chi connectivity index (χ1) is 14.3. The predicted molar refractivity (Wildman–Crippen MR) is 121 cm³/mol. The zero-order valence-corrected chi connectivity index (χ0v) is 18.5. The van der Waals surface area contributed by atoms with E-state index < -0.39 is 0 Å². The van der Waals surface area contributed by atoms with Crippen LogP contribution in [0.4, 0.5) is 4.39 Å². The second-order valence-electron chi connectivity index (χ2n) is 9.55. The molecule has 0 unspecified atom stereocenters. The fraction of sp³-hybridized carbons (Fsp3) is 0.704. The molecule has 3 rings (SSSR count). The molecule has 0 spiro atoms. The molecule has 0 aromatic heterocycles. The highest BCUT2D eigenvalue weighted by Gasteiger charge is 2.25. The zero-order valence-electron chi connectivity index (χ0n) is 18.5. The van der Waals surface area contributed by atoms with Gasteiger partial charge in [-0.1, -0.05) is 57.2 Å². The summed E-state index contributed by atoms with van der Waals surface area (Å²) in [5, 5.41) is 0. The number of hydrogen-bond acceptors (Lipinski definition) is 1. The number of benzene rings is 1. The minimum Gasteiger partial charge on any atom is -0.494 e. The Bertz CT molecular complexity index is 577. The molecule has 2 saturated carbocycles. The van der Waals surface area contributed by atoms with Crippen molar-refractivity contribution in [1.82, 2.24) is 0 Å². The van der Waals surface area contributed by atoms with Gasteiger partial charge in [0, 0.05) is 0 Å². The van der Waals surface area contributed by atoms with Gasteiger partial charge < -0.3 is 4.74 Å². The summed E-state index contributed by atoms with van der Waals surface area (Å²) >= 11 is 0. The van der Waals surface area contributed by atoms with Gasteiger partial charge in [0.15, 0.2) is 0 Å². The third-order valence-corrected chi connectivity index (χ3v) is 7.47. The van der Waals surface area contributed by atoms with Crippen LogP contribution in [0.5, 0.6) is 5.75 Å². The number of allylic oxidation sites excluding steroid dienone is 1. The Balaban J connectivity index is 1.32. The lowest BCUT2D eigenvalue weighted by Gasteiger charge is -2.32. The van der Waals surface area contributed by atoms with E-state index in [4.69, 9.17) is 4.74 Å². The van der Waals surface area contributed by atoms with Crippen molar-refractivity contribution in [2.75, 3.05) is 6.61 Å². The molecule has 0 radical (unpaired) electrons. The second kappa shape index (κ2) is 12.4. The van der Waals surface area contributed by atoms with Crippen LogP contribution in [0, 0.1) is 17.8 Å². The lowest BCUT2D eigenvalue weighted by atomic mass is 9.74. The van der Waals surface area contributed by atoms with Gasteiger partial charge in [-0.05, 0) is 92.7 Å². The van der Waals surface area contributed by atoms with Gasteiger partial charge in [0.1, 0.15) is 5.75 Å². The van der Waals surface area contributed by atoms with Crippen LogP contribution in [0.3, 0.4) is 0 Å². The van der Waals surface area contributed by atoms with E-state index in [-0.39, 0.29) is 0 Å². The van der Waals surface area contributed by atoms with E-state index in [1.807, 2.05) is 0 Å². The molecular weight excluding hydrogens is 359 g/mol. The maximum Gasteiger partial charge on any atom is 0.119 e. The Hall–Kier alpha value is -1.31. The monoisotopic (exact) mass is 400 g/mol. The van der Waals surface area contributed by atoms with Gasteiger partial charge in [-0.3, -0.25) is 0 Å². The summed E-state index contributed by atoms with van der Waals surface area (Å²) in [6.45, 7) is 3.03. The third kappa shape index (κ3) is 7.46. The van der Waals surface area contributed by atoms with Crippen LogP contribution in [-0.4, -0.2) is 6.61 Å². The van der Waals surface area contributed by atoms with Crippen LogP contribution in [-0.2, 0) is 0 Å². The Morgan fingerprint density at radius 1 is 0.862 bits per heavy atom. The van der Waals surface area contributed by atoms with Crippen molar-refractivity contribution in [3.8, 4) is 5.75 Å². The van der Waals surface area contributed by atoms with Crippen molar-refractivity contribution in [3.63, 3.8) is 0 Å². The van der Waals surface area contributed by atoms with E-state index in [0.717, 1.165) is 55.2 Å². The summed E-state index contributed by atoms with van der Waals surface area (Å²) in [4.78, 5) is 0. The molecule has 0 heterocycles. The standard InChI is InChI=1S/C27H41FO/c1-2-3-21-29-27-18-16-26(17-19-27)25-14-12-24(13-15-25)11-10-23-8-6-22(7-9-23)5-4-20-28/h4,16-20,22-25H,2-3,5-15,21H2,1H3/t22-,23-,24-,25-. The molecule has 0 bridgehead atoms. The van der Waals surface area contributed by atoms with E-state index in [1.54, 1.807) is 6.08 Å². The molecule has 0 N–H and O–H groups in total. The Morgan fingerprint density at radius 2 is 1.45 bits per heavy atom. The molecule has 0 amide bonds. The average molecular weight is 401 g/mol. The maximum absolute atomic E-state index is 12.2. The van der Waals surface area contributed by atoms with Gasteiger partial charge in [-0.2, -0.15) is 0 Å². The summed E-state index contributed by atoms with van der Waals surface area (Å²) < 4.78 is 18.0. The van der Waals surface area contributed by atoms with E-state index >= 15 is 0 Å². The SMILES string of the molecule is CCCCOc1ccc([C@H]2CC[C@H](CC[C@H]3CC[C@H](CC=CF)CC3)CC2)cc1. The Labute approximate surface area is 178 Å². The van der Waals surface area contributed by atoms with Crippen LogP contribution in [0.15, 0.2) is 36.7 Å². The number of halogens is 1. The second-order valence-corrected chi connectivity index (χ2v) is 9.55. The topological polar surface area (TPSA) is 9.23 Å². The molecule has 1 nitrogen and oxygen atoms in total. The van der Waals surface area contributed by atoms with Crippen molar-refractivity contribution in [3.05, 3.63) is 42.2 Å². The highest BCUT2D eigenvalue weighted by molar-refractivity contribution is 5.29. The number of ether oxygens (including phenoxy) is 1. The summed E-state index contributed by atoms with van der Waals surface area (Å²) in [5.41, 5.74) is 1.51. The molecule has 0 atom stereocenters. The normalized spacial score (nSPS) is 27.9. The first-order valence-corrected chi connectivity index (χ1v) is 12.3. The Kier molecular flexibility index (Phi) is 9.57.